The van der Waals surface area contributed by atoms with E-state index < -0.39 is 19.4 Å². The summed E-state index contributed by atoms with van der Waals surface area (Å²) in [5, 5.41) is 0. The van der Waals surface area contributed by atoms with Crippen LogP contribution in [-0.4, -0.2) is 124 Å². The van der Waals surface area contributed by atoms with Gasteiger partial charge in [0.1, 0.15) is 0 Å². The molecule has 8 nitrogen and oxygen atoms in total. The standard InChI is InChI=1S/Al.Ca.Mg.H2O4S.H4O4Si.7H/c;;;2*1-5(2,3)4;;;;;;;/h;;;(H2,1,2,3,4);1-4H;;;;;;;. The maximum Gasteiger partial charge on any atom is 0.316 e. The van der Waals surface area contributed by atoms with Crippen molar-refractivity contribution in [3.05, 3.63) is 0 Å². The SMILES string of the molecule is O=S(=O)(O)O.O[Si](O)(O)O.[AlH3].[CaH2].[MgH2]. The van der Waals surface area contributed by atoms with Crippen molar-refractivity contribution in [2.45, 2.75) is 0 Å². The molecule has 0 aromatic carbocycles. The monoisotopic (exact) mass is 292 g/mol. The summed E-state index contributed by atoms with van der Waals surface area (Å²) in [6.45, 7) is 0. The Kier molecular flexibility index (Phi) is 28.5. The minimum Gasteiger partial charge on any atom is 0.316 e. The van der Waals surface area contributed by atoms with Gasteiger partial charge in [-0.05, 0) is 0 Å². The fourth-order valence-electron chi connectivity index (χ4n) is 0. The third kappa shape index (κ3) is 366. The van der Waals surface area contributed by atoms with Crippen LogP contribution >= 0.6 is 0 Å². The Hall–Kier alpha value is 2.49. The van der Waals surface area contributed by atoms with E-state index in [-0.39, 0.29) is 78.2 Å². The van der Waals surface area contributed by atoms with Gasteiger partial charge in [-0.1, -0.05) is 0 Å². The molecule has 0 bridgehead atoms. The maximum atomic E-state index is 8.74. The summed E-state index contributed by atoms with van der Waals surface area (Å²) in [5.41, 5.74) is 0. The Balaban J connectivity index is -0.0000000267. The first-order chi connectivity index (χ1) is 4.00. The van der Waals surface area contributed by atoms with E-state index in [1.54, 1.807) is 0 Å². The average molecular weight is 293 g/mol. The quantitative estimate of drug-likeness (QED) is 0.190. The van der Waals surface area contributed by atoms with Gasteiger partial charge in [0.15, 0.2) is 17.4 Å². The van der Waals surface area contributed by atoms with Crippen molar-refractivity contribution in [2.75, 3.05) is 0 Å². The van der Waals surface area contributed by atoms with Gasteiger partial charge in [-0.25, -0.2) is 0 Å². The van der Waals surface area contributed by atoms with Gasteiger partial charge in [0, 0.05) is 0 Å². The van der Waals surface area contributed by atoms with Crippen molar-refractivity contribution in [1.82, 2.24) is 0 Å². The number of hydrogen-bond donors (Lipinski definition) is 6. The van der Waals surface area contributed by atoms with Crippen molar-refractivity contribution in [3.8, 4) is 0 Å². The molecule has 0 unspecified atom stereocenters. The summed E-state index contributed by atoms with van der Waals surface area (Å²) in [5.74, 6) is 0. The Morgan fingerprint density at radius 2 is 0.923 bits per heavy atom. The Morgan fingerprint density at radius 1 is 0.923 bits per heavy atom. The Bertz CT molecular complexity index is 159. The molecule has 0 rings (SSSR count). The minimum absolute atomic E-state index is 0. The largest absolute Gasteiger partial charge is 0.316 e. The smallest absolute Gasteiger partial charge is 0.316 e. The van der Waals surface area contributed by atoms with E-state index in [9.17, 15) is 0 Å². The summed E-state index contributed by atoms with van der Waals surface area (Å²) in [6, 6.07) is 0. The predicted octanol–water partition coefficient (Wildman–Crippen LogP) is -6.28. The molecule has 0 fully saturated rings. The summed E-state index contributed by atoms with van der Waals surface area (Å²) in [7, 11) is -9.28. The molecule has 0 aliphatic heterocycles. The van der Waals surface area contributed by atoms with Crippen LogP contribution in [0.2, 0.25) is 0 Å². The first-order valence-electron chi connectivity index (χ1n) is 1.59. The molecule has 13 heteroatoms. The van der Waals surface area contributed by atoms with Crippen LogP contribution in [0.3, 0.4) is 0 Å². The molecule has 6 N–H and O–H groups in total. The second kappa shape index (κ2) is 12.6. The number of hydrogen-bond acceptors (Lipinski definition) is 6. The molecule has 0 amide bonds. The van der Waals surface area contributed by atoms with Gasteiger partial charge in [0.05, 0.1) is 0 Å². The third-order valence-corrected chi connectivity index (χ3v) is 0. The van der Waals surface area contributed by atoms with E-state index in [0.717, 1.165) is 0 Å². The minimum atomic E-state index is -4.67. The molecule has 0 radical (unpaired) electrons. The van der Waals surface area contributed by atoms with Crippen LogP contribution in [0.1, 0.15) is 0 Å². The van der Waals surface area contributed by atoms with Gasteiger partial charge in [0.25, 0.3) is 0 Å². The van der Waals surface area contributed by atoms with E-state index >= 15 is 0 Å². The molecule has 0 heterocycles. The second-order valence-electron chi connectivity index (χ2n) is 1.05. The van der Waals surface area contributed by atoms with Crippen molar-refractivity contribution < 1.29 is 36.7 Å². The maximum absolute atomic E-state index is 8.74. The zero-order valence-electron chi connectivity index (χ0n) is 4.41. The molecule has 78 valence electrons. The van der Waals surface area contributed by atoms with Gasteiger partial charge in [-0.3, -0.25) is 9.11 Å². The van der Waals surface area contributed by atoms with Gasteiger partial charge < -0.3 is 19.2 Å². The van der Waals surface area contributed by atoms with Crippen molar-refractivity contribution in [1.29, 1.82) is 0 Å². The zero-order valence-corrected chi connectivity index (χ0v) is 6.22. The molecule has 0 aromatic rings. The molecule has 0 spiro atoms. The van der Waals surface area contributed by atoms with E-state index in [0.29, 0.717) is 0 Å². The van der Waals surface area contributed by atoms with Crippen molar-refractivity contribution in [3.63, 3.8) is 0 Å². The average Bonchev–Trinajstić information content (AvgIpc) is 1.12. The second-order valence-corrected chi connectivity index (χ2v) is 3.14. The van der Waals surface area contributed by atoms with Crippen LogP contribution in [0.15, 0.2) is 0 Å². The first-order valence-corrected chi connectivity index (χ1v) is 4.78. The summed E-state index contributed by atoms with van der Waals surface area (Å²) in [6.07, 6.45) is 0. The summed E-state index contributed by atoms with van der Waals surface area (Å²) < 4.78 is 31.6. The van der Waals surface area contributed by atoms with Crippen molar-refractivity contribution >= 4 is 97.6 Å². The van der Waals surface area contributed by atoms with Gasteiger partial charge >= 0.3 is 80.2 Å². The summed E-state index contributed by atoms with van der Waals surface area (Å²) in [4.78, 5) is 29.3. The van der Waals surface area contributed by atoms with Crippen molar-refractivity contribution in [2.24, 2.45) is 0 Å². The van der Waals surface area contributed by atoms with Crippen LogP contribution in [0.5, 0.6) is 0 Å². The predicted molar refractivity (Wildman–Crippen MR) is 55.8 cm³/mol. The van der Waals surface area contributed by atoms with Gasteiger partial charge in [-0.2, -0.15) is 8.42 Å². The fraction of sp³-hybridized carbons (Fsp3) is 0. The van der Waals surface area contributed by atoms with E-state index in [1.807, 2.05) is 0 Å². The van der Waals surface area contributed by atoms with E-state index in [2.05, 4.69) is 0 Å². The third-order valence-electron chi connectivity index (χ3n) is 0. The van der Waals surface area contributed by atoms with Crippen LogP contribution < -0.4 is 0 Å². The Morgan fingerprint density at radius 3 is 0.923 bits per heavy atom. The normalized spacial score (nSPS) is 9.08. The van der Waals surface area contributed by atoms with Gasteiger partial charge in [0.2, 0.25) is 0 Å². The van der Waals surface area contributed by atoms with E-state index in [4.69, 9.17) is 36.7 Å². The molecular weight excluding hydrogens is 280 g/mol. The molecule has 0 atom stereocenters. The molecule has 0 saturated carbocycles. The van der Waals surface area contributed by atoms with Crippen LogP contribution in [0.4, 0.5) is 0 Å². The molecule has 0 aromatic heterocycles. The zero-order chi connectivity index (χ0) is 9.00. The van der Waals surface area contributed by atoms with Crippen LogP contribution in [0, 0.1) is 0 Å². The summed E-state index contributed by atoms with van der Waals surface area (Å²) >= 11 is 0. The first kappa shape index (κ1) is 29.6. The van der Waals surface area contributed by atoms with Gasteiger partial charge in [-0.15, -0.1) is 0 Å². The molecule has 13 heavy (non-hydrogen) atoms. The van der Waals surface area contributed by atoms with Crippen LogP contribution in [-0.2, 0) is 10.4 Å². The Labute approximate surface area is 132 Å². The van der Waals surface area contributed by atoms with E-state index in [1.165, 1.54) is 0 Å². The topological polar surface area (TPSA) is 156 Å². The van der Waals surface area contributed by atoms with Crippen LogP contribution in [0.25, 0.3) is 0 Å². The molecule has 0 aliphatic rings. The number of rotatable bonds is 0. The molecule has 0 aliphatic carbocycles. The fourth-order valence-corrected chi connectivity index (χ4v) is 0. The molecular formula is H13AlCaMgO8SSi. The molecule has 0 saturated heterocycles.